The summed E-state index contributed by atoms with van der Waals surface area (Å²) in [6.07, 6.45) is 0.853. The standard InChI is InChI=1S/C18H19BrClNO3/c1-3-9-24-17-14(20)10-12(11-16(17)23-4-2)18(22)21-15-8-6-5-7-13(15)19/h5-8,10-11H,3-4,9H2,1-2H3,(H,21,22). The van der Waals surface area contributed by atoms with Crippen LogP contribution in [0.5, 0.6) is 11.5 Å². The van der Waals surface area contributed by atoms with E-state index >= 15 is 0 Å². The monoisotopic (exact) mass is 411 g/mol. The fourth-order valence-electron chi connectivity index (χ4n) is 2.06. The third kappa shape index (κ3) is 4.65. The number of carbonyl (C=O) groups is 1. The van der Waals surface area contributed by atoms with Gasteiger partial charge in [0, 0.05) is 10.0 Å². The van der Waals surface area contributed by atoms with Gasteiger partial charge in [-0.3, -0.25) is 4.79 Å². The molecule has 0 aliphatic rings. The lowest BCUT2D eigenvalue weighted by atomic mass is 10.1. The van der Waals surface area contributed by atoms with Gasteiger partial charge < -0.3 is 14.8 Å². The first kappa shape index (κ1) is 18.6. The summed E-state index contributed by atoms with van der Waals surface area (Å²) >= 11 is 9.70. The predicted octanol–water partition coefficient (Wildman–Crippen LogP) is 5.54. The number of benzene rings is 2. The SMILES string of the molecule is CCCOc1c(Cl)cc(C(=O)Nc2ccccc2Br)cc1OCC. The van der Waals surface area contributed by atoms with Crippen LogP contribution in [0.4, 0.5) is 5.69 Å². The largest absolute Gasteiger partial charge is 0.490 e. The van der Waals surface area contributed by atoms with Gasteiger partial charge in [-0.15, -0.1) is 0 Å². The van der Waals surface area contributed by atoms with E-state index in [4.69, 9.17) is 21.1 Å². The van der Waals surface area contributed by atoms with Gasteiger partial charge in [-0.2, -0.15) is 0 Å². The Balaban J connectivity index is 2.29. The van der Waals surface area contributed by atoms with Crippen molar-refractivity contribution in [2.24, 2.45) is 0 Å². The quantitative estimate of drug-likeness (QED) is 0.649. The van der Waals surface area contributed by atoms with Crippen LogP contribution in [0.15, 0.2) is 40.9 Å². The molecule has 0 saturated carbocycles. The first-order valence-corrected chi connectivity index (χ1v) is 8.88. The zero-order valence-electron chi connectivity index (χ0n) is 13.6. The van der Waals surface area contributed by atoms with Crippen molar-refractivity contribution in [3.8, 4) is 11.5 Å². The number of anilines is 1. The van der Waals surface area contributed by atoms with Crippen molar-refractivity contribution in [2.75, 3.05) is 18.5 Å². The fraction of sp³-hybridized carbons (Fsp3) is 0.278. The third-order valence-electron chi connectivity index (χ3n) is 3.14. The molecule has 0 radical (unpaired) electrons. The Bertz CT molecular complexity index is 721. The maximum absolute atomic E-state index is 12.5. The minimum atomic E-state index is -0.271. The second kappa shape index (κ2) is 8.94. The highest BCUT2D eigenvalue weighted by atomic mass is 79.9. The minimum absolute atomic E-state index is 0.271. The van der Waals surface area contributed by atoms with Gasteiger partial charge in [0.1, 0.15) is 0 Å². The topological polar surface area (TPSA) is 47.6 Å². The molecule has 24 heavy (non-hydrogen) atoms. The molecule has 2 aromatic rings. The van der Waals surface area contributed by atoms with Crippen molar-refractivity contribution in [1.29, 1.82) is 0 Å². The molecular weight excluding hydrogens is 394 g/mol. The summed E-state index contributed by atoms with van der Waals surface area (Å²) in [5.74, 6) is 0.667. The highest BCUT2D eigenvalue weighted by Gasteiger charge is 2.17. The average molecular weight is 413 g/mol. The van der Waals surface area contributed by atoms with Crippen LogP contribution in [-0.2, 0) is 0 Å². The number of halogens is 2. The maximum atomic E-state index is 12.5. The molecule has 0 heterocycles. The summed E-state index contributed by atoms with van der Waals surface area (Å²) in [4.78, 5) is 12.5. The Kier molecular flexibility index (Phi) is 6.94. The lowest BCUT2D eigenvalue weighted by Crippen LogP contribution is -2.13. The molecule has 128 valence electrons. The molecule has 0 atom stereocenters. The number of hydrogen-bond acceptors (Lipinski definition) is 3. The Morgan fingerprint density at radius 3 is 2.62 bits per heavy atom. The minimum Gasteiger partial charge on any atom is -0.490 e. The van der Waals surface area contributed by atoms with Crippen molar-refractivity contribution in [1.82, 2.24) is 0 Å². The Morgan fingerprint density at radius 2 is 1.96 bits per heavy atom. The van der Waals surface area contributed by atoms with Crippen LogP contribution in [0.1, 0.15) is 30.6 Å². The summed E-state index contributed by atoms with van der Waals surface area (Å²) in [6.45, 7) is 4.86. The number of nitrogens with one attached hydrogen (secondary N) is 1. The number of hydrogen-bond donors (Lipinski definition) is 1. The lowest BCUT2D eigenvalue weighted by Gasteiger charge is -2.15. The van der Waals surface area contributed by atoms with Gasteiger partial charge in [-0.05, 0) is 53.5 Å². The molecule has 0 bridgehead atoms. The zero-order valence-corrected chi connectivity index (χ0v) is 15.9. The molecule has 1 amide bonds. The predicted molar refractivity (Wildman–Crippen MR) is 101 cm³/mol. The first-order chi connectivity index (χ1) is 11.6. The summed E-state index contributed by atoms with van der Waals surface area (Å²) in [5, 5.41) is 3.20. The molecule has 4 nitrogen and oxygen atoms in total. The maximum Gasteiger partial charge on any atom is 0.255 e. The first-order valence-electron chi connectivity index (χ1n) is 7.71. The van der Waals surface area contributed by atoms with Crippen LogP contribution in [-0.4, -0.2) is 19.1 Å². The molecule has 0 aliphatic heterocycles. The summed E-state index contributed by atoms with van der Waals surface area (Å²) in [7, 11) is 0. The van der Waals surface area contributed by atoms with Crippen LogP contribution in [0.2, 0.25) is 5.02 Å². The van der Waals surface area contributed by atoms with E-state index in [0.29, 0.717) is 41.0 Å². The third-order valence-corrected chi connectivity index (χ3v) is 4.12. The van der Waals surface area contributed by atoms with Gasteiger partial charge in [0.25, 0.3) is 5.91 Å². The Hall–Kier alpha value is -1.72. The molecule has 0 aromatic heterocycles. The molecule has 2 aromatic carbocycles. The molecule has 0 aliphatic carbocycles. The summed E-state index contributed by atoms with van der Waals surface area (Å²) in [6, 6.07) is 10.6. The number of rotatable bonds is 7. The molecule has 0 unspecified atom stereocenters. The number of carbonyl (C=O) groups excluding carboxylic acids is 1. The van der Waals surface area contributed by atoms with Crippen LogP contribution in [0, 0.1) is 0 Å². The normalized spacial score (nSPS) is 10.3. The van der Waals surface area contributed by atoms with Crippen molar-refractivity contribution in [3.05, 3.63) is 51.5 Å². The van der Waals surface area contributed by atoms with Crippen LogP contribution >= 0.6 is 27.5 Å². The van der Waals surface area contributed by atoms with Crippen LogP contribution in [0.3, 0.4) is 0 Å². The molecule has 6 heteroatoms. The Labute approximate surface area is 155 Å². The molecule has 0 fully saturated rings. The highest BCUT2D eigenvalue weighted by molar-refractivity contribution is 9.10. The van der Waals surface area contributed by atoms with E-state index in [9.17, 15) is 4.79 Å². The average Bonchev–Trinajstić information content (AvgIpc) is 2.56. The van der Waals surface area contributed by atoms with E-state index in [2.05, 4.69) is 21.2 Å². The van der Waals surface area contributed by atoms with E-state index in [1.165, 1.54) is 0 Å². The van der Waals surface area contributed by atoms with Crippen LogP contribution in [0.25, 0.3) is 0 Å². The van der Waals surface area contributed by atoms with Gasteiger partial charge in [-0.1, -0.05) is 30.7 Å². The van der Waals surface area contributed by atoms with E-state index in [0.717, 1.165) is 10.9 Å². The van der Waals surface area contributed by atoms with Gasteiger partial charge in [0.2, 0.25) is 0 Å². The van der Waals surface area contributed by atoms with Crippen molar-refractivity contribution < 1.29 is 14.3 Å². The second-order valence-corrected chi connectivity index (χ2v) is 6.26. The molecule has 1 N–H and O–H groups in total. The van der Waals surface area contributed by atoms with Gasteiger partial charge in [0.05, 0.1) is 23.9 Å². The van der Waals surface area contributed by atoms with Crippen molar-refractivity contribution >= 4 is 39.1 Å². The molecule has 0 spiro atoms. The van der Waals surface area contributed by atoms with Crippen LogP contribution < -0.4 is 14.8 Å². The van der Waals surface area contributed by atoms with Gasteiger partial charge in [-0.25, -0.2) is 0 Å². The van der Waals surface area contributed by atoms with E-state index in [-0.39, 0.29) is 5.91 Å². The number of ether oxygens (including phenoxy) is 2. The smallest absolute Gasteiger partial charge is 0.255 e. The Morgan fingerprint density at radius 1 is 1.21 bits per heavy atom. The van der Waals surface area contributed by atoms with E-state index in [1.807, 2.05) is 38.1 Å². The fourth-order valence-corrected chi connectivity index (χ4v) is 2.71. The second-order valence-electron chi connectivity index (χ2n) is 5.00. The lowest BCUT2D eigenvalue weighted by molar-refractivity contribution is 0.102. The summed E-state index contributed by atoms with van der Waals surface area (Å²) < 4.78 is 12.0. The highest BCUT2D eigenvalue weighted by Crippen LogP contribution is 2.37. The number of amides is 1. The van der Waals surface area contributed by atoms with Crippen molar-refractivity contribution in [2.45, 2.75) is 20.3 Å². The summed E-state index contributed by atoms with van der Waals surface area (Å²) in [5.41, 5.74) is 1.09. The van der Waals surface area contributed by atoms with Gasteiger partial charge in [0.15, 0.2) is 11.5 Å². The molecule has 0 saturated heterocycles. The molecule has 2 rings (SSSR count). The van der Waals surface area contributed by atoms with E-state index in [1.54, 1.807) is 12.1 Å². The molecular formula is C18H19BrClNO3. The van der Waals surface area contributed by atoms with E-state index < -0.39 is 0 Å². The van der Waals surface area contributed by atoms with Gasteiger partial charge >= 0.3 is 0 Å². The van der Waals surface area contributed by atoms with Crippen molar-refractivity contribution in [3.63, 3.8) is 0 Å². The number of para-hydroxylation sites is 1. The zero-order chi connectivity index (χ0) is 17.5.